The molecule has 0 radical (unpaired) electrons. The fourth-order valence-corrected chi connectivity index (χ4v) is 2.80. The zero-order chi connectivity index (χ0) is 13.9. The van der Waals surface area contributed by atoms with Crippen LogP contribution in [-0.2, 0) is 6.42 Å². The molecule has 1 N–H and O–H groups in total. The van der Waals surface area contributed by atoms with Gasteiger partial charge in [-0.2, -0.15) is 5.26 Å². The van der Waals surface area contributed by atoms with Crippen LogP contribution in [0.1, 0.15) is 35.6 Å². The number of anilines is 1. The summed E-state index contributed by atoms with van der Waals surface area (Å²) in [6, 6.07) is 15.1. The van der Waals surface area contributed by atoms with Gasteiger partial charge in [-0.05, 0) is 48.6 Å². The normalized spacial score (nSPS) is 17.1. The van der Waals surface area contributed by atoms with E-state index in [9.17, 15) is 4.39 Å². The van der Waals surface area contributed by atoms with Crippen LogP contribution in [0.25, 0.3) is 0 Å². The SMILES string of the molecule is N#Cc1ccc(NC2CCCc3ccccc32)cc1F. The summed E-state index contributed by atoms with van der Waals surface area (Å²) in [5.74, 6) is -0.471. The molecule has 0 bridgehead atoms. The number of nitrogens with zero attached hydrogens (tertiary/aromatic N) is 1. The maximum atomic E-state index is 13.6. The summed E-state index contributed by atoms with van der Waals surface area (Å²) >= 11 is 0. The molecule has 0 aliphatic heterocycles. The molecule has 3 heteroatoms. The highest BCUT2D eigenvalue weighted by atomic mass is 19.1. The van der Waals surface area contributed by atoms with Crippen LogP contribution in [0.5, 0.6) is 0 Å². The molecule has 3 rings (SSSR count). The fraction of sp³-hybridized carbons (Fsp3) is 0.235. The summed E-state index contributed by atoms with van der Waals surface area (Å²) in [7, 11) is 0. The van der Waals surface area contributed by atoms with E-state index in [1.54, 1.807) is 6.07 Å². The van der Waals surface area contributed by atoms with Gasteiger partial charge in [0.15, 0.2) is 0 Å². The third-order valence-corrected chi connectivity index (χ3v) is 3.80. The van der Waals surface area contributed by atoms with E-state index in [0.29, 0.717) is 0 Å². The highest BCUT2D eigenvalue weighted by molar-refractivity contribution is 5.50. The number of benzene rings is 2. The summed E-state index contributed by atoms with van der Waals surface area (Å²) in [4.78, 5) is 0. The second-order valence-electron chi connectivity index (χ2n) is 5.09. The van der Waals surface area contributed by atoms with E-state index < -0.39 is 5.82 Å². The van der Waals surface area contributed by atoms with Crippen LogP contribution in [-0.4, -0.2) is 0 Å². The summed E-state index contributed by atoms with van der Waals surface area (Å²) in [6.07, 6.45) is 3.28. The molecule has 0 saturated heterocycles. The van der Waals surface area contributed by atoms with E-state index in [0.717, 1.165) is 24.9 Å². The molecule has 1 unspecified atom stereocenters. The number of aryl methyl sites for hydroxylation is 1. The lowest BCUT2D eigenvalue weighted by Gasteiger charge is -2.27. The Bertz CT molecular complexity index is 673. The minimum atomic E-state index is -0.471. The molecule has 100 valence electrons. The Morgan fingerprint density at radius 3 is 2.85 bits per heavy atom. The van der Waals surface area contributed by atoms with Crippen molar-refractivity contribution in [3.63, 3.8) is 0 Å². The third kappa shape index (κ3) is 2.37. The second kappa shape index (κ2) is 5.34. The molecule has 0 saturated carbocycles. The topological polar surface area (TPSA) is 35.8 Å². The number of nitrogens with one attached hydrogen (secondary N) is 1. The minimum Gasteiger partial charge on any atom is -0.378 e. The molecule has 1 aliphatic carbocycles. The van der Waals surface area contributed by atoms with Crippen LogP contribution in [0.4, 0.5) is 10.1 Å². The van der Waals surface area contributed by atoms with Crippen molar-refractivity contribution >= 4 is 5.69 Å². The van der Waals surface area contributed by atoms with Crippen molar-refractivity contribution in [2.24, 2.45) is 0 Å². The van der Waals surface area contributed by atoms with E-state index in [1.165, 1.54) is 23.3 Å². The Labute approximate surface area is 117 Å². The molecule has 2 aromatic rings. The Morgan fingerprint density at radius 2 is 2.05 bits per heavy atom. The van der Waals surface area contributed by atoms with Gasteiger partial charge in [-0.15, -0.1) is 0 Å². The van der Waals surface area contributed by atoms with Crippen molar-refractivity contribution in [3.8, 4) is 6.07 Å². The molecule has 1 atom stereocenters. The monoisotopic (exact) mass is 266 g/mol. The van der Waals surface area contributed by atoms with Gasteiger partial charge in [-0.1, -0.05) is 24.3 Å². The Kier molecular flexibility index (Phi) is 3.39. The highest BCUT2D eigenvalue weighted by Gasteiger charge is 2.19. The molecule has 1 aliphatic rings. The average Bonchev–Trinajstić information content (AvgIpc) is 2.48. The first kappa shape index (κ1) is 12.7. The lowest BCUT2D eigenvalue weighted by Crippen LogP contribution is -2.17. The number of rotatable bonds is 2. The van der Waals surface area contributed by atoms with Crippen molar-refractivity contribution in [2.45, 2.75) is 25.3 Å². The van der Waals surface area contributed by atoms with Gasteiger partial charge in [0.1, 0.15) is 11.9 Å². The lowest BCUT2D eigenvalue weighted by atomic mass is 9.87. The molecular weight excluding hydrogens is 251 g/mol. The van der Waals surface area contributed by atoms with Crippen LogP contribution in [0, 0.1) is 17.1 Å². The quantitative estimate of drug-likeness (QED) is 0.884. The van der Waals surface area contributed by atoms with Crippen LogP contribution in [0.3, 0.4) is 0 Å². The van der Waals surface area contributed by atoms with Crippen molar-refractivity contribution < 1.29 is 4.39 Å². The predicted octanol–water partition coefficient (Wildman–Crippen LogP) is 4.19. The fourth-order valence-electron chi connectivity index (χ4n) is 2.80. The van der Waals surface area contributed by atoms with Crippen LogP contribution in [0.2, 0.25) is 0 Å². The predicted molar refractivity (Wildman–Crippen MR) is 76.9 cm³/mol. The number of hydrogen-bond acceptors (Lipinski definition) is 2. The summed E-state index contributed by atoms with van der Waals surface area (Å²) in [5.41, 5.74) is 3.47. The van der Waals surface area contributed by atoms with Gasteiger partial charge in [0, 0.05) is 5.69 Å². The van der Waals surface area contributed by atoms with E-state index in [-0.39, 0.29) is 11.6 Å². The number of halogens is 1. The first-order valence-corrected chi connectivity index (χ1v) is 6.82. The molecule has 0 fully saturated rings. The van der Waals surface area contributed by atoms with E-state index in [2.05, 4.69) is 23.5 Å². The Morgan fingerprint density at radius 1 is 1.20 bits per heavy atom. The van der Waals surface area contributed by atoms with Crippen molar-refractivity contribution in [1.82, 2.24) is 0 Å². The van der Waals surface area contributed by atoms with E-state index >= 15 is 0 Å². The molecule has 0 heterocycles. The first-order chi connectivity index (χ1) is 9.78. The molecule has 20 heavy (non-hydrogen) atoms. The summed E-state index contributed by atoms with van der Waals surface area (Å²) in [6.45, 7) is 0. The van der Waals surface area contributed by atoms with Gasteiger partial charge in [0.05, 0.1) is 11.6 Å². The van der Waals surface area contributed by atoms with Gasteiger partial charge in [0.25, 0.3) is 0 Å². The van der Waals surface area contributed by atoms with E-state index in [1.807, 2.05) is 12.1 Å². The smallest absolute Gasteiger partial charge is 0.143 e. The maximum Gasteiger partial charge on any atom is 0.143 e. The largest absolute Gasteiger partial charge is 0.378 e. The second-order valence-corrected chi connectivity index (χ2v) is 5.09. The zero-order valence-electron chi connectivity index (χ0n) is 11.1. The van der Waals surface area contributed by atoms with Crippen molar-refractivity contribution in [1.29, 1.82) is 5.26 Å². The minimum absolute atomic E-state index is 0.0830. The lowest BCUT2D eigenvalue weighted by molar-refractivity contribution is 0.597. The van der Waals surface area contributed by atoms with Crippen LogP contribution in [0.15, 0.2) is 42.5 Å². The first-order valence-electron chi connectivity index (χ1n) is 6.82. The summed E-state index contributed by atoms with van der Waals surface area (Å²) in [5, 5.41) is 12.1. The molecular formula is C17H15FN2. The number of nitriles is 1. The van der Waals surface area contributed by atoms with E-state index in [4.69, 9.17) is 5.26 Å². The third-order valence-electron chi connectivity index (χ3n) is 3.80. The Hall–Kier alpha value is -2.34. The Balaban J connectivity index is 1.86. The molecule has 2 nitrogen and oxygen atoms in total. The van der Waals surface area contributed by atoms with Gasteiger partial charge >= 0.3 is 0 Å². The van der Waals surface area contributed by atoms with Crippen LogP contribution >= 0.6 is 0 Å². The van der Waals surface area contributed by atoms with Gasteiger partial charge in [-0.3, -0.25) is 0 Å². The maximum absolute atomic E-state index is 13.6. The number of fused-ring (bicyclic) bond motifs is 1. The average molecular weight is 266 g/mol. The standard InChI is InChI=1S/C17H15FN2/c18-16-10-14(9-8-13(16)11-19)20-17-7-3-5-12-4-1-2-6-15(12)17/h1-2,4,6,8-10,17,20H,3,5,7H2. The van der Waals surface area contributed by atoms with Crippen LogP contribution < -0.4 is 5.32 Å². The van der Waals surface area contributed by atoms with Gasteiger partial charge in [-0.25, -0.2) is 4.39 Å². The molecule has 0 aromatic heterocycles. The highest BCUT2D eigenvalue weighted by Crippen LogP contribution is 2.32. The van der Waals surface area contributed by atoms with Crippen molar-refractivity contribution in [2.75, 3.05) is 5.32 Å². The molecule has 0 spiro atoms. The van der Waals surface area contributed by atoms with Gasteiger partial charge < -0.3 is 5.32 Å². The van der Waals surface area contributed by atoms with Gasteiger partial charge in [0.2, 0.25) is 0 Å². The zero-order valence-corrected chi connectivity index (χ0v) is 11.1. The van der Waals surface area contributed by atoms with Crippen molar-refractivity contribution in [3.05, 3.63) is 65.0 Å². The molecule has 0 amide bonds. The summed E-state index contributed by atoms with van der Waals surface area (Å²) < 4.78 is 13.6. The molecule has 2 aromatic carbocycles. The number of hydrogen-bond donors (Lipinski definition) is 1.